The van der Waals surface area contributed by atoms with Gasteiger partial charge >= 0.3 is 0 Å². The van der Waals surface area contributed by atoms with E-state index in [1.54, 1.807) is 6.07 Å². The largest absolute Gasteiger partial charge is 0.494 e. The highest BCUT2D eigenvalue weighted by molar-refractivity contribution is 5.79. The predicted molar refractivity (Wildman–Crippen MR) is 166 cm³/mol. The zero-order valence-electron chi connectivity index (χ0n) is 26.7. The minimum Gasteiger partial charge on any atom is -0.494 e. The Bertz CT molecular complexity index is 1420. The lowest BCUT2D eigenvalue weighted by Gasteiger charge is -2.41. The number of carbonyl (C=O) groups is 1. The van der Waals surface area contributed by atoms with E-state index in [4.69, 9.17) is 14.7 Å². The van der Waals surface area contributed by atoms with E-state index in [1.165, 1.54) is 5.56 Å². The Morgan fingerprint density at radius 3 is 2.50 bits per heavy atom. The molecule has 5 rings (SSSR count). The number of rotatable bonds is 12. The first-order valence-corrected chi connectivity index (χ1v) is 16.1. The van der Waals surface area contributed by atoms with Gasteiger partial charge in [0.25, 0.3) is 5.92 Å². The molecule has 2 aromatic rings. The molecule has 0 aromatic heterocycles. The Morgan fingerprint density at radius 2 is 1.85 bits per heavy atom. The third kappa shape index (κ3) is 7.69. The summed E-state index contributed by atoms with van der Waals surface area (Å²) in [6.07, 6.45) is -0.691. The average Bonchev–Trinajstić information content (AvgIpc) is 3.74. The van der Waals surface area contributed by atoms with Crippen LogP contribution in [-0.4, -0.2) is 87.2 Å². The molecule has 9 nitrogen and oxygen atoms in total. The van der Waals surface area contributed by atoms with E-state index in [1.807, 2.05) is 56.3 Å². The van der Waals surface area contributed by atoms with E-state index in [0.29, 0.717) is 38.7 Å². The van der Waals surface area contributed by atoms with E-state index in [2.05, 4.69) is 12.2 Å². The van der Waals surface area contributed by atoms with E-state index >= 15 is 0 Å². The van der Waals surface area contributed by atoms with Gasteiger partial charge in [0.1, 0.15) is 36.2 Å². The first-order chi connectivity index (χ1) is 21.8. The number of aryl methyl sites for hydroxylation is 1. The number of aliphatic hydroxyl groups is 3. The van der Waals surface area contributed by atoms with Crippen LogP contribution in [0.4, 0.5) is 8.78 Å². The molecule has 5 atom stereocenters. The highest BCUT2D eigenvalue weighted by Gasteiger charge is 2.60. The maximum absolute atomic E-state index is 13.7. The summed E-state index contributed by atoms with van der Waals surface area (Å²) in [6, 6.07) is 14.6. The number of nitrogens with zero attached hydrogens (tertiary/aromatic N) is 2. The molecule has 1 aliphatic carbocycles. The molecule has 0 radical (unpaired) electrons. The topological polar surface area (TPSA) is 135 Å². The molecule has 1 amide bonds. The fourth-order valence-corrected chi connectivity index (χ4v) is 6.53. The minimum atomic E-state index is -3.03. The second kappa shape index (κ2) is 13.5. The summed E-state index contributed by atoms with van der Waals surface area (Å²) in [7, 11) is 0. The standard InChI is InChI=1S/C35H45F2N3O6/c1-4-23-8-9-24(31-29(42)30(43)32(44)34(46-31)13-14-34)17-25(23)16-22-6-10-27(11-7-22)45-15-5-12-33(2,3)39-20-28(41)40-21-35(36,37)18-26(40)19-38/h6-11,17,26,29-32,39,42-44H,4-5,12-16,18,20-21H2,1-3H3/t26-,29+,30+,31-,32-/m0/s1. The third-order valence-corrected chi connectivity index (χ3v) is 9.56. The number of halogens is 2. The molecule has 0 bridgehead atoms. The molecule has 11 heteroatoms. The number of alkyl halides is 2. The Hall–Kier alpha value is -3.14. The smallest absolute Gasteiger partial charge is 0.268 e. The van der Waals surface area contributed by atoms with Gasteiger partial charge in [-0.3, -0.25) is 4.79 Å². The summed E-state index contributed by atoms with van der Waals surface area (Å²) in [6.45, 7) is 5.58. The number of nitriles is 1. The monoisotopic (exact) mass is 641 g/mol. The average molecular weight is 642 g/mol. The predicted octanol–water partition coefficient (Wildman–Crippen LogP) is 3.81. The maximum atomic E-state index is 13.7. The number of benzene rings is 2. The van der Waals surface area contributed by atoms with Gasteiger partial charge in [0.2, 0.25) is 5.91 Å². The van der Waals surface area contributed by atoms with E-state index in [0.717, 1.165) is 33.8 Å². The zero-order chi connectivity index (χ0) is 33.3. The van der Waals surface area contributed by atoms with Gasteiger partial charge < -0.3 is 35.0 Å². The van der Waals surface area contributed by atoms with Crippen LogP contribution in [0.15, 0.2) is 42.5 Å². The second-order valence-electron chi connectivity index (χ2n) is 13.6. The number of aliphatic hydroxyl groups excluding tert-OH is 3. The molecule has 2 aliphatic heterocycles. The van der Waals surface area contributed by atoms with Crippen LogP contribution in [-0.2, 0) is 22.4 Å². The molecule has 3 aliphatic rings. The van der Waals surface area contributed by atoms with E-state index in [-0.39, 0.29) is 6.54 Å². The van der Waals surface area contributed by atoms with E-state index in [9.17, 15) is 28.9 Å². The van der Waals surface area contributed by atoms with Crippen molar-refractivity contribution in [2.75, 3.05) is 19.7 Å². The van der Waals surface area contributed by atoms with Gasteiger partial charge in [0, 0.05) is 12.0 Å². The molecule has 46 heavy (non-hydrogen) atoms. The SMILES string of the molecule is CCc1ccc([C@@H]2OC3(CC3)[C@@H](O)[C@H](O)[C@H]2O)cc1Cc1ccc(OCCCC(C)(C)NCC(=O)N2CC(F)(F)C[C@H]2C#N)cc1. The Labute approximate surface area is 269 Å². The van der Waals surface area contributed by atoms with Gasteiger partial charge in [-0.1, -0.05) is 37.3 Å². The van der Waals surface area contributed by atoms with Crippen LogP contribution in [0.1, 0.15) is 81.2 Å². The van der Waals surface area contributed by atoms with Crippen molar-refractivity contribution in [1.82, 2.24) is 10.2 Å². The van der Waals surface area contributed by atoms with Crippen LogP contribution in [0.5, 0.6) is 5.75 Å². The normalized spacial score (nSPS) is 26.6. The van der Waals surface area contributed by atoms with Gasteiger partial charge in [-0.25, -0.2) is 8.78 Å². The molecular weight excluding hydrogens is 596 g/mol. The molecule has 0 unspecified atom stereocenters. The van der Waals surface area contributed by atoms with Gasteiger partial charge in [0.05, 0.1) is 31.4 Å². The van der Waals surface area contributed by atoms with Crippen molar-refractivity contribution >= 4 is 5.91 Å². The summed E-state index contributed by atoms with van der Waals surface area (Å²) in [4.78, 5) is 13.5. The minimum absolute atomic E-state index is 0.119. The van der Waals surface area contributed by atoms with Crippen LogP contribution in [0.25, 0.3) is 0 Å². The number of likely N-dealkylation sites (tertiary alicyclic amines) is 1. The first kappa shape index (κ1) is 34.2. The fourth-order valence-electron chi connectivity index (χ4n) is 6.53. The Morgan fingerprint density at radius 1 is 1.13 bits per heavy atom. The zero-order valence-corrected chi connectivity index (χ0v) is 26.7. The molecule has 2 aromatic carbocycles. The van der Waals surface area contributed by atoms with Crippen molar-refractivity contribution in [3.8, 4) is 11.8 Å². The van der Waals surface area contributed by atoms with Crippen molar-refractivity contribution < 1.29 is 38.4 Å². The van der Waals surface area contributed by atoms with Crippen LogP contribution in [0, 0.1) is 11.3 Å². The van der Waals surface area contributed by atoms with Crippen molar-refractivity contribution in [3.05, 3.63) is 64.7 Å². The van der Waals surface area contributed by atoms with Gasteiger partial charge in [-0.05, 0) is 86.8 Å². The van der Waals surface area contributed by atoms with Gasteiger partial charge in [-0.2, -0.15) is 5.26 Å². The Balaban J connectivity index is 1.10. The van der Waals surface area contributed by atoms with Gasteiger partial charge in [-0.15, -0.1) is 0 Å². The van der Waals surface area contributed by atoms with Crippen molar-refractivity contribution in [2.24, 2.45) is 0 Å². The molecule has 250 valence electrons. The lowest BCUT2D eigenvalue weighted by atomic mass is 9.87. The van der Waals surface area contributed by atoms with Crippen LogP contribution in [0.2, 0.25) is 0 Å². The van der Waals surface area contributed by atoms with Gasteiger partial charge in [0.15, 0.2) is 0 Å². The number of carbonyl (C=O) groups excluding carboxylic acids is 1. The quantitative estimate of drug-likeness (QED) is 0.257. The molecule has 1 spiro atoms. The molecular formula is C35H45F2N3O6. The number of nitrogens with one attached hydrogen (secondary N) is 1. The van der Waals surface area contributed by atoms with E-state index < -0.39 is 66.4 Å². The summed E-state index contributed by atoms with van der Waals surface area (Å²) in [5, 5.41) is 43.8. The molecule has 3 fully saturated rings. The third-order valence-electron chi connectivity index (χ3n) is 9.56. The highest BCUT2D eigenvalue weighted by Crippen LogP contribution is 2.51. The number of hydrogen-bond donors (Lipinski definition) is 4. The highest BCUT2D eigenvalue weighted by atomic mass is 19.3. The number of ether oxygens (including phenoxy) is 2. The lowest BCUT2D eigenvalue weighted by molar-refractivity contribution is -0.236. The van der Waals surface area contributed by atoms with Crippen LogP contribution < -0.4 is 10.1 Å². The molecule has 2 heterocycles. The summed E-state index contributed by atoms with van der Waals surface area (Å²) < 4.78 is 39.5. The lowest BCUT2D eigenvalue weighted by Crippen LogP contribution is -2.55. The summed E-state index contributed by atoms with van der Waals surface area (Å²) >= 11 is 0. The Kier molecular flexibility index (Phi) is 10.1. The molecule has 4 N–H and O–H groups in total. The second-order valence-corrected chi connectivity index (χ2v) is 13.6. The van der Waals surface area contributed by atoms with Crippen molar-refractivity contribution in [2.45, 2.75) is 113 Å². The van der Waals surface area contributed by atoms with Crippen LogP contribution >= 0.6 is 0 Å². The fraction of sp³-hybridized carbons (Fsp3) is 0.600. The van der Waals surface area contributed by atoms with Crippen LogP contribution in [0.3, 0.4) is 0 Å². The maximum Gasteiger partial charge on any atom is 0.268 e. The molecule has 1 saturated carbocycles. The number of hydrogen-bond acceptors (Lipinski definition) is 8. The summed E-state index contributed by atoms with van der Waals surface area (Å²) in [5.74, 6) is -2.81. The molecule has 2 saturated heterocycles. The van der Waals surface area contributed by atoms with Crippen molar-refractivity contribution in [3.63, 3.8) is 0 Å². The van der Waals surface area contributed by atoms with Crippen molar-refractivity contribution in [1.29, 1.82) is 5.26 Å². The first-order valence-electron chi connectivity index (χ1n) is 16.1. The number of amides is 1. The summed E-state index contributed by atoms with van der Waals surface area (Å²) in [5.41, 5.74) is 2.94.